The quantitative estimate of drug-likeness (QED) is 0.0889. The van der Waals surface area contributed by atoms with Gasteiger partial charge in [-0.1, -0.05) is 74.5 Å². The number of anilines is 1. The van der Waals surface area contributed by atoms with E-state index in [0.717, 1.165) is 21.9 Å². The third-order valence-corrected chi connectivity index (χ3v) is 8.17. The molecule has 4 aromatic carbocycles. The monoisotopic (exact) mass is 638 g/mol. The molecule has 0 saturated heterocycles. The minimum absolute atomic E-state index is 0.0221. The van der Waals surface area contributed by atoms with Crippen molar-refractivity contribution in [3.8, 4) is 0 Å². The summed E-state index contributed by atoms with van der Waals surface area (Å²) in [5.74, 6) is -0.465. The summed E-state index contributed by atoms with van der Waals surface area (Å²) < 4.78 is 15.8. The van der Waals surface area contributed by atoms with Crippen molar-refractivity contribution in [1.82, 2.24) is 19.8 Å². The van der Waals surface area contributed by atoms with Crippen LogP contribution in [-0.4, -0.2) is 43.0 Å². The summed E-state index contributed by atoms with van der Waals surface area (Å²) in [4.78, 5) is 30.2. The summed E-state index contributed by atoms with van der Waals surface area (Å²) in [6.45, 7) is 5.40. The van der Waals surface area contributed by atoms with Crippen LogP contribution >= 0.6 is 12.2 Å². The summed E-state index contributed by atoms with van der Waals surface area (Å²) >= 11 is 5.87. The van der Waals surface area contributed by atoms with Crippen LogP contribution in [0.15, 0.2) is 104 Å². The van der Waals surface area contributed by atoms with E-state index in [1.165, 1.54) is 24.3 Å². The fourth-order valence-corrected chi connectivity index (χ4v) is 5.52. The summed E-state index contributed by atoms with van der Waals surface area (Å²) in [6.07, 6.45) is 3.40. The average Bonchev–Trinajstić information content (AvgIpc) is 3.46. The summed E-state index contributed by atoms with van der Waals surface area (Å²) in [5.41, 5.74) is 3.21. The lowest BCUT2D eigenvalue weighted by atomic mass is 10.0. The van der Waals surface area contributed by atoms with Crippen LogP contribution in [0, 0.1) is 21.8 Å². The number of halogens is 1. The van der Waals surface area contributed by atoms with E-state index in [-0.39, 0.29) is 35.8 Å². The van der Waals surface area contributed by atoms with E-state index in [0.29, 0.717) is 36.1 Å². The Bertz CT molecular complexity index is 1840. The number of carbonyl (C=O) groups excluding carboxylic acids is 1. The van der Waals surface area contributed by atoms with Gasteiger partial charge in [-0.05, 0) is 58.2 Å². The largest absolute Gasteiger partial charge is 0.351 e. The van der Waals surface area contributed by atoms with Gasteiger partial charge in [0.1, 0.15) is 5.82 Å². The van der Waals surface area contributed by atoms with Crippen LogP contribution in [0.1, 0.15) is 30.7 Å². The second-order valence-corrected chi connectivity index (χ2v) is 11.9. The second-order valence-electron chi connectivity index (χ2n) is 11.5. The van der Waals surface area contributed by atoms with Gasteiger partial charge >= 0.3 is 0 Å². The van der Waals surface area contributed by atoms with E-state index in [4.69, 9.17) is 12.2 Å². The number of nitro benzene ring substituents is 1. The molecule has 46 heavy (non-hydrogen) atoms. The number of fused-ring (bicyclic) bond motifs is 1. The van der Waals surface area contributed by atoms with Crippen molar-refractivity contribution >= 4 is 45.4 Å². The minimum Gasteiger partial charge on any atom is -0.351 e. The number of nitrogens with zero attached hydrogens (tertiary/aromatic N) is 4. The normalized spacial score (nSPS) is 11.7. The molecular weight excluding hydrogens is 603 g/mol. The molecule has 9 nitrogen and oxygen atoms in total. The number of nitrogens with one attached hydrogen (secondary N) is 2. The molecular formula is C35H35FN6O3S. The van der Waals surface area contributed by atoms with Gasteiger partial charge in [0.05, 0.1) is 17.7 Å². The first-order valence-electron chi connectivity index (χ1n) is 15.0. The number of hydrogen-bond donors (Lipinski definition) is 2. The molecule has 1 amide bonds. The van der Waals surface area contributed by atoms with E-state index in [2.05, 4.69) is 39.9 Å². The van der Waals surface area contributed by atoms with Gasteiger partial charge in [0.15, 0.2) is 5.11 Å². The molecule has 0 radical (unpaired) electrons. The van der Waals surface area contributed by atoms with Crippen molar-refractivity contribution in [3.05, 3.63) is 136 Å². The lowest BCUT2D eigenvalue weighted by Crippen LogP contribution is -2.49. The Labute approximate surface area is 272 Å². The Morgan fingerprint density at radius 3 is 2.52 bits per heavy atom. The van der Waals surface area contributed by atoms with E-state index in [1.54, 1.807) is 36.8 Å². The zero-order chi connectivity index (χ0) is 32.6. The van der Waals surface area contributed by atoms with E-state index < -0.39 is 4.92 Å². The minimum atomic E-state index is -0.435. The second kappa shape index (κ2) is 14.7. The summed E-state index contributed by atoms with van der Waals surface area (Å²) in [6, 6.07) is 26.5. The van der Waals surface area contributed by atoms with Crippen LogP contribution in [0.2, 0.25) is 0 Å². The molecule has 2 N–H and O–H groups in total. The first kappa shape index (κ1) is 32.2. The van der Waals surface area contributed by atoms with Gasteiger partial charge in [0, 0.05) is 55.4 Å². The van der Waals surface area contributed by atoms with Crippen molar-refractivity contribution in [2.75, 3.05) is 11.9 Å². The SMILES string of the molecule is CC(C)[C@@H](CN(Cc1cccc2ccccc12)C(=S)Nc1cccc(F)c1)NC(=O)Cc1cncn1Cc1ccc([N+](=O)[O-])cc1. The van der Waals surface area contributed by atoms with Crippen LogP contribution in [-0.2, 0) is 24.3 Å². The van der Waals surface area contributed by atoms with Crippen molar-refractivity contribution in [3.63, 3.8) is 0 Å². The predicted octanol–water partition coefficient (Wildman–Crippen LogP) is 6.71. The van der Waals surface area contributed by atoms with Crippen molar-refractivity contribution in [2.24, 2.45) is 5.92 Å². The molecule has 5 aromatic rings. The maximum atomic E-state index is 14.0. The molecule has 1 aromatic heterocycles. The van der Waals surface area contributed by atoms with Crippen LogP contribution in [0.25, 0.3) is 10.8 Å². The Kier molecular flexibility index (Phi) is 10.3. The van der Waals surface area contributed by atoms with Gasteiger partial charge in [-0.2, -0.15) is 0 Å². The third kappa shape index (κ3) is 8.30. The molecule has 0 bridgehead atoms. The number of thiocarbonyl (C=S) groups is 1. The summed E-state index contributed by atoms with van der Waals surface area (Å²) in [7, 11) is 0. The number of hydrogen-bond acceptors (Lipinski definition) is 5. The highest BCUT2D eigenvalue weighted by Gasteiger charge is 2.23. The van der Waals surface area contributed by atoms with E-state index in [1.807, 2.05) is 41.5 Å². The first-order chi connectivity index (χ1) is 22.2. The molecule has 0 fully saturated rings. The van der Waals surface area contributed by atoms with Gasteiger partial charge in [0.2, 0.25) is 5.91 Å². The Morgan fingerprint density at radius 1 is 1.04 bits per heavy atom. The van der Waals surface area contributed by atoms with Crippen molar-refractivity contribution < 1.29 is 14.1 Å². The molecule has 0 saturated carbocycles. The van der Waals surface area contributed by atoms with Gasteiger partial charge in [0.25, 0.3) is 5.69 Å². The number of amides is 1. The van der Waals surface area contributed by atoms with Crippen LogP contribution < -0.4 is 10.6 Å². The molecule has 5 rings (SSSR count). The molecule has 11 heteroatoms. The molecule has 1 atom stereocenters. The van der Waals surface area contributed by atoms with Crippen molar-refractivity contribution in [1.29, 1.82) is 0 Å². The fourth-order valence-electron chi connectivity index (χ4n) is 5.26. The Hall–Kier alpha value is -5.16. The third-order valence-electron chi connectivity index (χ3n) is 7.81. The zero-order valence-corrected chi connectivity index (χ0v) is 26.4. The van der Waals surface area contributed by atoms with Crippen LogP contribution in [0.4, 0.5) is 15.8 Å². The molecule has 236 valence electrons. The number of benzene rings is 4. The maximum Gasteiger partial charge on any atom is 0.269 e. The molecule has 0 unspecified atom stereocenters. The highest BCUT2D eigenvalue weighted by Crippen LogP contribution is 2.22. The lowest BCUT2D eigenvalue weighted by molar-refractivity contribution is -0.384. The smallest absolute Gasteiger partial charge is 0.269 e. The highest BCUT2D eigenvalue weighted by molar-refractivity contribution is 7.80. The van der Waals surface area contributed by atoms with Crippen LogP contribution in [0.3, 0.4) is 0 Å². The van der Waals surface area contributed by atoms with Gasteiger partial charge in [-0.25, -0.2) is 9.37 Å². The highest BCUT2D eigenvalue weighted by atomic mass is 32.1. The topological polar surface area (TPSA) is 105 Å². The van der Waals surface area contributed by atoms with E-state index >= 15 is 0 Å². The molecule has 0 spiro atoms. The number of carbonyl (C=O) groups is 1. The van der Waals surface area contributed by atoms with Gasteiger partial charge in [-0.15, -0.1) is 0 Å². The molecule has 0 aliphatic carbocycles. The number of aromatic nitrogens is 2. The van der Waals surface area contributed by atoms with Crippen molar-refractivity contribution in [2.45, 2.75) is 39.4 Å². The number of imidazole rings is 1. The molecule has 0 aliphatic rings. The van der Waals surface area contributed by atoms with E-state index in [9.17, 15) is 19.3 Å². The zero-order valence-electron chi connectivity index (χ0n) is 25.6. The summed E-state index contributed by atoms with van der Waals surface area (Å²) in [5, 5.41) is 20.0. The van der Waals surface area contributed by atoms with Crippen LogP contribution in [0.5, 0.6) is 0 Å². The number of nitro groups is 1. The molecule has 0 aliphatic heterocycles. The maximum absolute atomic E-state index is 14.0. The Morgan fingerprint density at radius 2 is 1.78 bits per heavy atom. The standard InChI is InChI=1S/C35H35FN6O3S/c1-24(2)33(39-34(43)18-31-19-37-23-41(31)20-25-13-15-30(16-14-25)42(44)45)22-40(35(46)38-29-11-6-10-28(36)17-29)21-27-9-5-8-26-7-3-4-12-32(26)27/h3-17,19,23-24,33H,18,20-22H2,1-2H3,(H,38,46)(H,39,43)/t33-/m1/s1. The van der Waals surface area contributed by atoms with Gasteiger partial charge in [-0.3, -0.25) is 14.9 Å². The predicted molar refractivity (Wildman–Crippen MR) is 182 cm³/mol. The fraction of sp³-hybridized carbons (Fsp3) is 0.229. The number of non-ortho nitro benzene ring substituents is 1. The average molecular weight is 639 g/mol. The number of rotatable bonds is 12. The van der Waals surface area contributed by atoms with Gasteiger partial charge < -0.3 is 20.1 Å². The lowest BCUT2D eigenvalue weighted by Gasteiger charge is -2.33. The molecule has 1 heterocycles. The first-order valence-corrected chi connectivity index (χ1v) is 15.4. The Balaban J connectivity index is 1.32.